The first kappa shape index (κ1) is 15.7. The Morgan fingerprint density at radius 3 is 2.64 bits per heavy atom. The maximum Gasteiger partial charge on any atom is 0.315 e. The summed E-state index contributed by atoms with van der Waals surface area (Å²) in [5, 5.41) is 6.14. The summed E-state index contributed by atoms with van der Waals surface area (Å²) in [6, 6.07) is 5.21. The average Bonchev–Trinajstić information content (AvgIpc) is 2.77. The van der Waals surface area contributed by atoms with Crippen LogP contribution in [0.5, 0.6) is 0 Å². The number of carbonyl (C=O) groups is 1. The van der Waals surface area contributed by atoms with Gasteiger partial charge in [-0.3, -0.25) is 0 Å². The van der Waals surface area contributed by atoms with E-state index in [0.717, 1.165) is 30.6 Å². The van der Waals surface area contributed by atoms with Crippen molar-refractivity contribution in [1.82, 2.24) is 10.6 Å². The zero-order valence-corrected chi connectivity index (χ0v) is 13.6. The molecule has 1 fully saturated rings. The smallest absolute Gasteiger partial charge is 0.315 e. The molecule has 1 atom stereocenters. The van der Waals surface area contributed by atoms with Gasteiger partial charge in [0.25, 0.3) is 0 Å². The van der Waals surface area contributed by atoms with E-state index in [1.54, 1.807) is 6.07 Å². The lowest BCUT2D eigenvalue weighted by Gasteiger charge is -2.27. The summed E-state index contributed by atoms with van der Waals surface area (Å²) in [6.07, 6.45) is 7.91. The third-order valence-corrected chi connectivity index (χ3v) is 5.68. The van der Waals surface area contributed by atoms with E-state index in [0.29, 0.717) is 4.90 Å². The highest BCUT2D eigenvalue weighted by Crippen LogP contribution is 2.37. The molecule has 1 aliphatic carbocycles. The highest BCUT2D eigenvalue weighted by Gasteiger charge is 2.25. The highest BCUT2D eigenvalue weighted by molar-refractivity contribution is 7.99. The number of hydrogen-bond acceptors (Lipinski definition) is 2. The topological polar surface area (TPSA) is 41.1 Å². The van der Waals surface area contributed by atoms with Gasteiger partial charge in [-0.05, 0) is 30.9 Å². The number of amides is 2. The minimum atomic E-state index is -0.182. The number of thioether (sulfide) groups is 1. The Labute approximate surface area is 135 Å². The van der Waals surface area contributed by atoms with Crippen molar-refractivity contribution in [2.45, 2.75) is 61.9 Å². The Morgan fingerprint density at radius 1 is 1.09 bits per heavy atom. The predicted molar refractivity (Wildman–Crippen MR) is 87.6 cm³/mol. The van der Waals surface area contributed by atoms with Crippen LogP contribution in [0.3, 0.4) is 0 Å². The van der Waals surface area contributed by atoms with E-state index in [1.165, 1.54) is 43.5 Å². The van der Waals surface area contributed by atoms with Crippen LogP contribution in [0.1, 0.15) is 56.6 Å². The Morgan fingerprint density at radius 2 is 1.86 bits per heavy atom. The fourth-order valence-electron chi connectivity index (χ4n) is 3.35. The first-order chi connectivity index (χ1) is 10.7. The summed E-state index contributed by atoms with van der Waals surface area (Å²) in [6.45, 7) is 0. The molecule has 0 saturated heterocycles. The van der Waals surface area contributed by atoms with Crippen molar-refractivity contribution in [3.63, 3.8) is 0 Å². The lowest BCUT2D eigenvalue weighted by Crippen LogP contribution is -2.44. The summed E-state index contributed by atoms with van der Waals surface area (Å²) in [7, 11) is 0. The Hall–Kier alpha value is -1.23. The first-order valence-corrected chi connectivity index (χ1v) is 9.21. The number of rotatable bonds is 2. The minimum absolute atomic E-state index is 0.0854. The van der Waals surface area contributed by atoms with Gasteiger partial charge >= 0.3 is 6.03 Å². The molecule has 1 heterocycles. The molecule has 1 aromatic rings. The highest BCUT2D eigenvalue weighted by atomic mass is 32.2. The van der Waals surface area contributed by atoms with Crippen LogP contribution >= 0.6 is 11.8 Å². The largest absolute Gasteiger partial charge is 0.335 e. The van der Waals surface area contributed by atoms with Gasteiger partial charge in [0.2, 0.25) is 0 Å². The Kier molecular flexibility index (Phi) is 5.24. The van der Waals surface area contributed by atoms with E-state index >= 15 is 0 Å². The second-order valence-electron chi connectivity index (χ2n) is 6.15. The molecule has 5 heteroatoms. The van der Waals surface area contributed by atoms with E-state index < -0.39 is 0 Å². The molecular formula is C17H23FN2OS. The van der Waals surface area contributed by atoms with Gasteiger partial charge in [-0.1, -0.05) is 37.8 Å². The van der Waals surface area contributed by atoms with Crippen molar-refractivity contribution in [2.75, 3.05) is 5.75 Å². The number of fused-ring (bicyclic) bond motifs is 1. The zero-order valence-electron chi connectivity index (χ0n) is 12.7. The molecule has 0 spiro atoms. The molecule has 0 radical (unpaired) electrons. The maximum atomic E-state index is 13.9. The summed E-state index contributed by atoms with van der Waals surface area (Å²) in [5.74, 6) is 0.653. The fraction of sp³-hybridized carbons (Fsp3) is 0.588. The third-order valence-electron chi connectivity index (χ3n) is 4.52. The molecule has 22 heavy (non-hydrogen) atoms. The van der Waals surface area contributed by atoms with Gasteiger partial charge in [0.05, 0.1) is 6.04 Å². The van der Waals surface area contributed by atoms with E-state index in [1.807, 2.05) is 6.07 Å². The van der Waals surface area contributed by atoms with Crippen LogP contribution in [-0.4, -0.2) is 17.8 Å². The molecule has 3 nitrogen and oxygen atoms in total. The van der Waals surface area contributed by atoms with Crippen LogP contribution in [0.25, 0.3) is 0 Å². The second kappa shape index (κ2) is 7.36. The summed E-state index contributed by atoms with van der Waals surface area (Å²) < 4.78 is 13.9. The van der Waals surface area contributed by atoms with Crippen molar-refractivity contribution < 1.29 is 9.18 Å². The lowest BCUT2D eigenvalue weighted by molar-refractivity contribution is 0.231. The van der Waals surface area contributed by atoms with Crippen molar-refractivity contribution >= 4 is 17.8 Å². The van der Waals surface area contributed by atoms with Crippen LogP contribution in [0.15, 0.2) is 23.1 Å². The summed E-state index contributed by atoms with van der Waals surface area (Å²) in [4.78, 5) is 13.0. The van der Waals surface area contributed by atoms with Crippen LogP contribution < -0.4 is 10.6 Å². The third kappa shape index (κ3) is 3.75. The van der Waals surface area contributed by atoms with Crippen molar-refractivity contribution in [2.24, 2.45) is 0 Å². The SMILES string of the molecule is O=C(NC1CCCCCC1)N[C@@H]1CCSc2c(F)cccc21. The molecule has 2 N–H and O–H groups in total. The quantitative estimate of drug-likeness (QED) is 0.793. The standard InChI is InChI=1S/C17H23FN2OS/c18-14-9-5-8-13-15(10-11-22-16(13)14)20-17(21)19-12-6-3-1-2-4-7-12/h5,8-9,12,15H,1-4,6-7,10-11H2,(H2,19,20,21)/t15-/m1/s1. The van der Waals surface area contributed by atoms with Crippen LogP contribution in [-0.2, 0) is 0 Å². The van der Waals surface area contributed by atoms with Crippen LogP contribution in [0.4, 0.5) is 9.18 Å². The summed E-state index contributed by atoms with van der Waals surface area (Å²) >= 11 is 1.54. The van der Waals surface area contributed by atoms with Crippen LogP contribution in [0, 0.1) is 5.82 Å². The number of benzene rings is 1. The molecule has 120 valence electrons. The monoisotopic (exact) mass is 322 g/mol. The maximum absolute atomic E-state index is 13.9. The van der Waals surface area contributed by atoms with Gasteiger partial charge in [0.1, 0.15) is 5.82 Å². The van der Waals surface area contributed by atoms with Gasteiger partial charge in [-0.25, -0.2) is 9.18 Å². The van der Waals surface area contributed by atoms with E-state index in [-0.39, 0.29) is 23.9 Å². The van der Waals surface area contributed by atoms with E-state index in [9.17, 15) is 9.18 Å². The molecule has 0 aromatic heterocycles. The second-order valence-corrected chi connectivity index (χ2v) is 7.26. The van der Waals surface area contributed by atoms with Gasteiger partial charge in [0.15, 0.2) is 0 Å². The van der Waals surface area contributed by atoms with Crippen molar-refractivity contribution in [1.29, 1.82) is 0 Å². The lowest BCUT2D eigenvalue weighted by atomic mass is 10.0. The number of hydrogen-bond donors (Lipinski definition) is 2. The van der Waals surface area contributed by atoms with Gasteiger partial charge in [0, 0.05) is 16.7 Å². The van der Waals surface area contributed by atoms with Gasteiger partial charge in [-0.15, -0.1) is 11.8 Å². The molecule has 3 rings (SSSR count). The number of urea groups is 1. The first-order valence-electron chi connectivity index (χ1n) is 8.22. The Bertz CT molecular complexity index is 529. The van der Waals surface area contributed by atoms with Gasteiger partial charge < -0.3 is 10.6 Å². The molecule has 0 unspecified atom stereocenters. The number of carbonyl (C=O) groups excluding carboxylic acids is 1. The minimum Gasteiger partial charge on any atom is -0.335 e. The predicted octanol–water partition coefficient (Wildman–Crippen LogP) is 4.38. The van der Waals surface area contributed by atoms with Crippen molar-refractivity contribution in [3.05, 3.63) is 29.6 Å². The molecule has 1 aromatic carbocycles. The van der Waals surface area contributed by atoms with E-state index in [2.05, 4.69) is 10.6 Å². The molecule has 2 aliphatic rings. The molecule has 1 saturated carbocycles. The Balaban J connectivity index is 1.61. The normalized spacial score (nSPS) is 22.5. The summed E-state index contributed by atoms with van der Waals surface area (Å²) in [5.41, 5.74) is 0.910. The molecule has 0 bridgehead atoms. The van der Waals surface area contributed by atoms with Crippen molar-refractivity contribution in [3.8, 4) is 0 Å². The molecular weight excluding hydrogens is 299 g/mol. The average molecular weight is 322 g/mol. The fourth-order valence-corrected chi connectivity index (χ4v) is 4.49. The number of halogens is 1. The molecule has 2 amide bonds. The molecule has 1 aliphatic heterocycles. The number of nitrogens with one attached hydrogen (secondary N) is 2. The van der Waals surface area contributed by atoms with Crippen LogP contribution in [0.2, 0.25) is 0 Å². The van der Waals surface area contributed by atoms with E-state index in [4.69, 9.17) is 0 Å². The zero-order chi connectivity index (χ0) is 15.4. The van der Waals surface area contributed by atoms with Gasteiger partial charge in [-0.2, -0.15) is 0 Å².